The van der Waals surface area contributed by atoms with Gasteiger partial charge in [-0.15, -0.1) is 0 Å². The summed E-state index contributed by atoms with van der Waals surface area (Å²) < 4.78 is 16.8. The van der Waals surface area contributed by atoms with E-state index in [1.807, 2.05) is 0 Å². The summed E-state index contributed by atoms with van der Waals surface area (Å²) in [6, 6.07) is 0. The zero-order valence-electron chi connectivity index (χ0n) is 45.3. The minimum absolute atomic E-state index is 0.0939. The van der Waals surface area contributed by atoms with Gasteiger partial charge in [0, 0.05) is 19.3 Å². The van der Waals surface area contributed by atoms with E-state index in [4.69, 9.17) is 14.2 Å². The predicted molar refractivity (Wildman–Crippen MR) is 297 cm³/mol. The van der Waals surface area contributed by atoms with Gasteiger partial charge in [-0.25, -0.2) is 0 Å². The van der Waals surface area contributed by atoms with Gasteiger partial charge in [-0.05, 0) is 122 Å². The van der Waals surface area contributed by atoms with E-state index in [0.717, 1.165) is 128 Å². The first-order chi connectivity index (χ1) is 34.0. The maximum absolute atomic E-state index is 12.8. The molecule has 0 aliphatic heterocycles. The van der Waals surface area contributed by atoms with E-state index in [1.165, 1.54) is 109 Å². The molecule has 0 saturated carbocycles. The molecule has 1 atom stereocenters. The predicted octanol–water partition coefficient (Wildman–Crippen LogP) is 19.5. The van der Waals surface area contributed by atoms with Gasteiger partial charge in [0.1, 0.15) is 13.2 Å². The fourth-order valence-electron chi connectivity index (χ4n) is 7.92. The molecule has 0 fully saturated rings. The molecule has 0 rings (SSSR count). The van der Waals surface area contributed by atoms with Crippen LogP contribution in [0, 0.1) is 0 Å². The van der Waals surface area contributed by atoms with E-state index in [-0.39, 0.29) is 31.1 Å². The molecular weight excluding hydrogens is 853 g/mol. The van der Waals surface area contributed by atoms with Crippen LogP contribution in [-0.4, -0.2) is 37.2 Å². The molecule has 0 spiro atoms. The fraction of sp³-hybridized carbons (Fsp3) is 0.730. The highest BCUT2D eigenvalue weighted by atomic mass is 16.6. The Morgan fingerprint density at radius 3 is 0.841 bits per heavy atom. The number of ether oxygens (including phenoxy) is 3. The second-order valence-corrected chi connectivity index (χ2v) is 19.2. The van der Waals surface area contributed by atoms with Crippen molar-refractivity contribution in [1.29, 1.82) is 0 Å². The quantitative estimate of drug-likeness (QED) is 0.0262. The Morgan fingerprint density at radius 2 is 0.522 bits per heavy atom. The Balaban J connectivity index is 4.43. The number of carbonyl (C=O) groups is 3. The fourth-order valence-corrected chi connectivity index (χ4v) is 7.92. The average Bonchev–Trinajstić information content (AvgIpc) is 3.35. The van der Waals surface area contributed by atoms with Crippen molar-refractivity contribution in [1.82, 2.24) is 0 Å². The molecule has 0 saturated heterocycles. The van der Waals surface area contributed by atoms with Gasteiger partial charge in [0.15, 0.2) is 6.10 Å². The summed E-state index contributed by atoms with van der Waals surface area (Å²) in [7, 11) is 0. The van der Waals surface area contributed by atoms with Gasteiger partial charge < -0.3 is 14.2 Å². The SMILES string of the molecule is CCCCC/C=C\C/C=C\CCCCCCCC(=O)OCC(COC(=O)CCCCCCCC/C=C\C/C=C\C/C=C\CCCCCCC)OC(=O)CCCCCCC/C=C\C/C=C\CCCCC. The molecular formula is C63H108O6. The molecule has 0 aromatic carbocycles. The van der Waals surface area contributed by atoms with E-state index < -0.39 is 6.10 Å². The third-order valence-corrected chi connectivity index (χ3v) is 12.3. The van der Waals surface area contributed by atoms with Crippen LogP contribution in [0.1, 0.15) is 278 Å². The zero-order valence-corrected chi connectivity index (χ0v) is 45.3. The van der Waals surface area contributed by atoms with E-state index in [0.29, 0.717) is 19.3 Å². The lowest BCUT2D eigenvalue weighted by Crippen LogP contribution is -2.30. The van der Waals surface area contributed by atoms with Gasteiger partial charge in [0.2, 0.25) is 0 Å². The summed E-state index contributed by atoms with van der Waals surface area (Å²) in [4.78, 5) is 38.2. The highest BCUT2D eigenvalue weighted by Crippen LogP contribution is 2.14. The molecule has 0 aliphatic carbocycles. The Hall–Kier alpha value is -3.41. The molecule has 69 heavy (non-hydrogen) atoms. The molecule has 6 heteroatoms. The van der Waals surface area contributed by atoms with Crippen molar-refractivity contribution < 1.29 is 28.6 Å². The van der Waals surface area contributed by atoms with Crippen LogP contribution in [0.15, 0.2) is 85.1 Å². The van der Waals surface area contributed by atoms with Crippen molar-refractivity contribution in [2.45, 2.75) is 284 Å². The maximum atomic E-state index is 12.8. The Labute approximate surface area is 426 Å². The van der Waals surface area contributed by atoms with Crippen LogP contribution in [0.2, 0.25) is 0 Å². The Bertz CT molecular complexity index is 1330. The number of esters is 3. The van der Waals surface area contributed by atoms with Crippen LogP contribution in [0.5, 0.6) is 0 Å². The monoisotopic (exact) mass is 961 g/mol. The van der Waals surface area contributed by atoms with Gasteiger partial charge in [-0.1, -0.05) is 221 Å². The van der Waals surface area contributed by atoms with Crippen LogP contribution in [0.4, 0.5) is 0 Å². The summed E-state index contributed by atoms with van der Waals surface area (Å²) in [5.74, 6) is -0.928. The summed E-state index contributed by atoms with van der Waals surface area (Å²) in [6.45, 7) is 6.55. The number of rotatable bonds is 52. The maximum Gasteiger partial charge on any atom is 0.306 e. The lowest BCUT2D eigenvalue weighted by Gasteiger charge is -2.18. The van der Waals surface area contributed by atoms with Gasteiger partial charge >= 0.3 is 17.9 Å². The van der Waals surface area contributed by atoms with Crippen molar-refractivity contribution in [3.8, 4) is 0 Å². The minimum atomic E-state index is -0.796. The third-order valence-electron chi connectivity index (χ3n) is 12.3. The van der Waals surface area contributed by atoms with Gasteiger partial charge in [-0.3, -0.25) is 14.4 Å². The van der Waals surface area contributed by atoms with E-state index in [9.17, 15) is 14.4 Å². The Morgan fingerprint density at radius 1 is 0.290 bits per heavy atom. The smallest absolute Gasteiger partial charge is 0.306 e. The number of carbonyl (C=O) groups excluding carboxylic acids is 3. The van der Waals surface area contributed by atoms with Crippen LogP contribution >= 0.6 is 0 Å². The number of allylic oxidation sites excluding steroid dienone is 14. The van der Waals surface area contributed by atoms with Crippen molar-refractivity contribution in [2.24, 2.45) is 0 Å². The number of unbranched alkanes of at least 4 members (excludes halogenated alkanes) is 27. The molecule has 6 nitrogen and oxygen atoms in total. The second kappa shape index (κ2) is 57.2. The van der Waals surface area contributed by atoms with Crippen molar-refractivity contribution >= 4 is 17.9 Å². The number of hydrogen-bond donors (Lipinski definition) is 0. The summed E-state index contributed by atoms with van der Waals surface area (Å²) in [5.41, 5.74) is 0. The summed E-state index contributed by atoms with van der Waals surface area (Å²) in [5, 5.41) is 0. The Kier molecular flexibility index (Phi) is 54.3. The molecule has 0 amide bonds. The van der Waals surface area contributed by atoms with Gasteiger partial charge in [-0.2, -0.15) is 0 Å². The normalized spacial score (nSPS) is 12.7. The van der Waals surface area contributed by atoms with Crippen LogP contribution in [-0.2, 0) is 28.6 Å². The molecule has 0 radical (unpaired) electrons. The first-order valence-corrected chi connectivity index (χ1v) is 29.1. The van der Waals surface area contributed by atoms with Crippen LogP contribution in [0.25, 0.3) is 0 Å². The first-order valence-electron chi connectivity index (χ1n) is 29.1. The van der Waals surface area contributed by atoms with Crippen molar-refractivity contribution in [3.05, 3.63) is 85.1 Å². The highest BCUT2D eigenvalue weighted by Gasteiger charge is 2.19. The topological polar surface area (TPSA) is 78.9 Å². The molecule has 0 bridgehead atoms. The summed E-state index contributed by atoms with van der Waals surface area (Å²) in [6.07, 6.45) is 74.2. The summed E-state index contributed by atoms with van der Waals surface area (Å²) >= 11 is 0. The van der Waals surface area contributed by atoms with Crippen molar-refractivity contribution in [2.75, 3.05) is 13.2 Å². The average molecular weight is 962 g/mol. The molecule has 0 heterocycles. The molecule has 1 unspecified atom stereocenters. The second-order valence-electron chi connectivity index (χ2n) is 19.2. The molecule has 0 aromatic rings. The lowest BCUT2D eigenvalue weighted by molar-refractivity contribution is -0.167. The highest BCUT2D eigenvalue weighted by molar-refractivity contribution is 5.71. The van der Waals surface area contributed by atoms with E-state index in [2.05, 4.69) is 106 Å². The molecule has 0 aromatic heterocycles. The van der Waals surface area contributed by atoms with Crippen molar-refractivity contribution in [3.63, 3.8) is 0 Å². The number of hydrogen-bond acceptors (Lipinski definition) is 6. The van der Waals surface area contributed by atoms with Crippen LogP contribution < -0.4 is 0 Å². The molecule has 0 N–H and O–H groups in total. The van der Waals surface area contributed by atoms with E-state index >= 15 is 0 Å². The van der Waals surface area contributed by atoms with Gasteiger partial charge in [0.25, 0.3) is 0 Å². The standard InChI is InChI=1S/C63H108O6/c1-4-7-10-13-16-19-22-25-28-29-30-31-32-33-36-38-41-44-47-50-53-56-62(65)68-59-60(69-63(66)57-54-51-48-45-42-39-35-27-24-21-18-15-12-9-6-3)58-67-61(64)55-52-49-46-43-40-37-34-26-23-20-17-14-11-8-5-2/h17-18,20-22,25-27,29-30,32-35,60H,4-16,19,23-24,28,31,36-59H2,1-3H3/b20-17-,21-18-,25-22-,30-29-,33-32-,34-26-,35-27-. The largest absolute Gasteiger partial charge is 0.462 e. The first kappa shape index (κ1) is 65.6. The minimum Gasteiger partial charge on any atom is -0.462 e. The molecule has 0 aliphatic rings. The third kappa shape index (κ3) is 55.4. The zero-order chi connectivity index (χ0) is 50.0. The van der Waals surface area contributed by atoms with E-state index in [1.54, 1.807) is 0 Å². The molecule has 396 valence electrons. The lowest BCUT2D eigenvalue weighted by atomic mass is 10.1. The van der Waals surface area contributed by atoms with Crippen LogP contribution in [0.3, 0.4) is 0 Å². The van der Waals surface area contributed by atoms with Gasteiger partial charge in [0.05, 0.1) is 0 Å².